The van der Waals surface area contributed by atoms with E-state index in [1.165, 1.54) is 0 Å². The Morgan fingerprint density at radius 3 is 2.50 bits per heavy atom. The lowest BCUT2D eigenvalue weighted by molar-refractivity contribution is 1.06. The highest BCUT2D eigenvalue weighted by Crippen LogP contribution is 2.22. The molecule has 1 heterocycles. The van der Waals surface area contributed by atoms with E-state index in [1.807, 2.05) is 32.0 Å². The van der Waals surface area contributed by atoms with Crippen LogP contribution in [0.2, 0.25) is 0 Å². The lowest BCUT2D eigenvalue weighted by Gasteiger charge is -2.02. The molecular weight excluding hydrogens is 202 g/mol. The van der Waals surface area contributed by atoms with Gasteiger partial charge in [-0.05, 0) is 25.0 Å². The predicted molar refractivity (Wildman–Crippen MR) is 64.6 cm³/mol. The van der Waals surface area contributed by atoms with Crippen molar-refractivity contribution in [2.75, 3.05) is 0 Å². The summed E-state index contributed by atoms with van der Waals surface area (Å²) in [6.07, 6.45) is 3.17. The molecule has 0 saturated heterocycles. The van der Waals surface area contributed by atoms with Crippen LogP contribution >= 0.6 is 0 Å². The van der Waals surface area contributed by atoms with E-state index in [-0.39, 0.29) is 5.56 Å². The number of aryl methyl sites for hydroxylation is 2. The number of aromatic nitrogens is 2. The van der Waals surface area contributed by atoms with Gasteiger partial charge < -0.3 is 5.10 Å². The Bertz CT molecular complexity index is 558. The average Bonchev–Trinajstić information content (AvgIpc) is 2.64. The molecule has 4 heteroatoms. The van der Waals surface area contributed by atoms with Gasteiger partial charge in [-0.25, -0.2) is 0 Å². The van der Waals surface area contributed by atoms with Crippen LogP contribution in [0.5, 0.6) is 0 Å². The molecule has 0 radical (unpaired) electrons. The van der Waals surface area contributed by atoms with Crippen LogP contribution in [0.4, 0.5) is 5.69 Å². The van der Waals surface area contributed by atoms with Gasteiger partial charge in [-0.3, -0.25) is 14.9 Å². The normalized spacial score (nSPS) is 11.1. The number of hydrogen-bond donors (Lipinski definition) is 2. The molecule has 2 aromatic rings. The summed E-state index contributed by atoms with van der Waals surface area (Å²) in [4.78, 5) is 15.6. The van der Waals surface area contributed by atoms with Crippen molar-refractivity contribution in [3.05, 3.63) is 51.4 Å². The molecule has 1 aromatic heterocycles. The summed E-state index contributed by atoms with van der Waals surface area (Å²) >= 11 is 0. The Hall–Kier alpha value is -2.10. The first-order chi connectivity index (χ1) is 7.68. The molecule has 0 saturated carbocycles. The number of benzene rings is 1. The Morgan fingerprint density at radius 1 is 1.25 bits per heavy atom. The molecule has 0 aliphatic heterocycles. The van der Waals surface area contributed by atoms with Crippen molar-refractivity contribution in [2.45, 2.75) is 13.8 Å². The lowest BCUT2D eigenvalue weighted by Crippen LogP contribution is -2.04. The summed E-state index contributed by atoms with van der Waals surface area (Å²) < 4.78 is 0. The van der Waals surface area contributed by atoms with Gasteiger partial charge in [0.2, 0.25) is 0 Å². The predicted octanol–water partition coefficient (Wildman–Crippen LogP) is 2.07. The highest BCUT2D eigenvalue weighted by molar-refractivity contribution is 5.81. The Balaban J connectivity index is 2.38. The van der Waals surface area contributed by atoms with Crippen LogP contribution < -0.4 is 5.56 Å². The van der Waals surface area contributed by atoms with Crippen molar-refractivity contribution < 1.29 is 0 Å². The van der Waals surface area contributed by atoms with Gasteiger partial charge in [0.05, 0.1) is 11.3 Å². The van der Waals surface area contributed by atoms with E-state index in [9.17, 15) is 4.79 Å². The molecule has 2 rings (SSSR count). The topological polar surface area (TPSA) is 61.0 Å². The fourth-order valence-electron chi connectivity index (χ4n) is 1.56. The van der Waals surface area contributed by atoms with Crippen molar-refractivity contribution in [3.63, 3.8) is 0 Å². The summed E-state index contributed by atoms with van der Waals surface area (Å²) in [7, 11) is 0. The quantitative estimate of drug-likeness (QED) is 0.740. The minimum atomic E-state index is -0.157. The highest BCUT2D eigenvalue weighted by atomic mass is 16.1. The zero-order valence-electron chi connectivity index (χ0n) is 9.24. The molecule has 0 aliphatic rings. The minimum absolute atomic E-state index is 0.157. The molecule has 82 valence electrons. The second-order valence-corrected chi connectivity index (χ2v) is 3.70. The third-order valence-corrected chi connectivity index (χ3v) is 2.45. The fraction of sp³-hybridized carbons (Fsp3) is 0.167. The monoisotopic (exact) mass is 215 g/mol. The van der Waals surface area contributed by atoms with Gasteiger partial charge in [-0.1, -0.05) is 18.2 Å². The van der Waals surface area contributed by atoms with Crippen LogP contribution in [-0.4, -0.2) is 16.4 Å². The fourth-order valence-corrected chi connectivity index (χ4v) is 1.56. The SMILES string of the molecule is Cc1cccc(C)c1N=Cc1c[nH][nH]c1=O. The second kappa shape index (κ2) is 4.18. The van der Waals surface area contributed by atoms with E-state index in [1.54, 1.807) is 12.4 Å². The van der Waals surface area contributed by atoms with Crippen molar-refractivity contribution >= 4 is 11.9 Å². The van der Waals surface area contributed by atoms with Gasteiger partial charge in [-0.2, -0.15) is 0 Å². The molecule has 0 aliphatic carbocycles. The van der Waals surface area contributed by atoms with Gasteiger partial charge in [0.15, 0.2) is 0 Å². The van der Waals surface area contributed by atoms with Crippen molar-refractivity contribution in [1.29, 1.82) is 0 Å². The van der Waals surface area contributed by atoms with E-state index in [2.05, 4.69) is 15.2 Å². The Kier molecular flexibility index (Phi) is 2.72. The van der Waals surface area contributed by atoms with E-state index in [4.69, 9.17) is 0 Å². The van der Waals surface area contributed by atoms with E-state index in [0.29, 0.717) is 5.56 Å². The zero-order valence-corrected chi connectivity index (χ0v) is 9.24. The molecule has 1 aromatic carbocycles. The van der Waals surface area contributed by atoms with Crippen LogP contribution in [0.1, 0.15) is 16.7 Å². The standard InChI is InChI=1S/C12H13N3O/c1-8-4-3-5-9(2)11(8)13-6-10-7-14-15-12(10)16/h3-7H,1-2H3,(H2,14,15,16). The average molecular weight is 215 g/mol. The molecule has 0 bridgehead atoms. The Morgan fingerprint density at radius 2 is 1.94 bits per heavy atom. The first-order valence-electron chi connectivity index (χ1n) is 5.05. The summed E-state index contributed by atoms with van der Waals surface area (Å²) in [6, 6.07) is 5.99. The molecule has 0 fully saturated rings. The second-order valence-electron chi connectivity index (χ2n) is 3.70. The largest absolute Gasteiger partial charge is 0.305 e. The first kappa shape index (κ1) is 10.4. The van der Waals surface area contributed by atoms with Gasteiger partial charge in [-0.15, -0.1) is 0 Å². The van der Waals surface area contributed by atoms with Crippen LogP contribution in [0.25, 0.3) is 0 Å². The number of para-hydroxylation sites is 1. The van der Waals surface area contributed by atoms with Gasteiger partial charge >= 0.3 is 0 Å². The maximum atomic E-state index is 11.2. The summed E-state index contributed by atoms with van der Waals surface area (Å²) in [5, 5.41) is 5.10. The molecular formula is C12H13N3O. The molecule has 4 nitrogen and oxygen atoms in total. The number of aliphatic imine (C=N–C) groups is 1. The van der Waals surface area contributed by atoms with Gasteiger partial charge in [0, 0.05) is 12.4 Å². The van der Waals surface area contributed by atoms with Crippen molar-refractivity contribution in [2.24, 2.45) is 4.99 Å². The zero-order chi connectivity index (χ0) is 11.5. The third kappa shape index (κ3) is 1.95. The molecule has 0 spiro atoms. The van der Waals surface area contributed by atoms with E-state index in [0.717, 1.165) is 16.8 Å². The van der Waals surface area contributed by atoms with Crippen LogP contribution in [0.3, 0.4) is 0 Å². The van der Waals surface area contributed by atoms with E-state index < -0.39 is 0 Å². The van der Waals surface area contributed by atoms with Gasteiger partial charge in [0.1, 0.15) is 0 Å². The third-order valence-electron chi connectivity index (χ3n) is 2.45. The summed E-state index contributed by atoms with van der Waals surface area (Å²) in [5.74, 6) is 0. The molecule has 16 heavy (non-hydrogen) atoms. The number of nitrogens with one attached hydrogen (secondary N) is 2. The highest BCUT2D eigenvalue weighted by Gasteiger charge is 2.00. The summed E-state index contributed by atoms with van der Waals surface area (Å²) in [5.41, 5.74) is 3.49. The van der Waals surface area contributed by atoms with Crippen LogP contribution in [0.15, 0.2) is 34.2 Å². The number of nitrogens with zero attached hydrogens (tertiary/aromatic N) is 1. The van der Waals surface area contributed by atoms with Crippen LogP contribution in [0, 0.1) is 13.8 Å². The number of H-pyrrole nitrogens is 2. The maximum absolute atomic E-state index is 11.2. The van der Waals surface area contributed by atoms with Crippen molar-refractivity contribution in [1.82, 2.24) is 10.2 Å². The molecule has 0 atom stereocenters. The minimum Gasteiger partial charge on any atom is -0.305 e. The van der Waals surface area contributed by atoms with Gasteiger partial charge in [0.25, 0.3) is 5.56 Å². The van der Waals surface area contributed by atoms with Crippen molar-refractivity contribution in [3.8, 4) is 0 Å². The lowest BCUT2D eigenvalue weighted by atomic mass is 10.1. The molecule has 0 amide bonds. The van der Waals surface area contributed by atoms with Crippen LogP contribution in [-0.2, 0) is 0 Å². The molecule has 2 N–H and O–H groups in total. The molecule has 0 unspecified atom stereocenters. The van der Waals surface area contributed by atoms with E-state index >= 15 is 0 Å². The number of hydrogen-bond acceptors (Lipinski definition) is 2. The maximum Gasteiger partial charge on any atom is 0.272 e. The first-order valence-corrected chi connectivity index (χ1v) is 5.05. The number of rotatable bonds is 2. The number of aromatic amines is 2. The smallest absolute Gasteiger partial charge is 0.272 e. The summed E-state index contributed by atoms with van der Waals surface area (Å²) in [6.45, 7) is 4.00. The Labute approximate surface area is 93.0 Å².